The first-order chi connectivity index (χ1) is 12.9. The molecule has 2 aromatic rings. The predicted octanol–water partition coefficient (Wildman–Crippen LogP) is 3.41. The van der Waals surface area contributed by atoms with E-state index >= 15 is 0 Å². The highest BCUT2D eigenvalue weighted by Crippen LogP contribution is 2.39. The molecule has 0 saturated carbocycles. The molecule has 1 N–H and O–H groups in total. The number of thioether (sulfide) groups is 1. The summed E-state index contributed by atoms with van der Waals surface area (Å²) in [5.41, 5.74) is 1.31. The molecule has 6 nitrogen and oxygen atoms in total. The third-order valence-electron chi connectivity index (χ3n) is 3.77. The Morgan fingerprint density at radius 1 is 1.19 bits per heavy atom. The Bertz CT molecular complexity index is 886. The fourth-order valence-electron chi connectivity index (χ4n) is 2.48. The van der Waals surface area contributed by atoms with Crippen molar-refractivity contribution in [3.8, 4) is 5.75 Å². The lowest BCUT2D eigenvalue weighted by molar-refractivity contribution is -0.129. The number of carbonyl (C=O) groups excluding carboxylic acids is 2. The second-order valence-corrected chi connectivity index (χ2v) is 6.94. The molecule has 1 aliphatic rings. The van der Waals surface area contributed by atoms with Crippen LogP contribution in [0.4, 0.5) is 4.39 Å². The lowest BCUT2D eigenvalue weighted by Gasteiger charge is -2.19. The summed E-state index contributed by atoms with van der Waals surface area (Å²) in [6, 6.07) is 13.6. The van der Waals surface area contributed by atoms with E-state index in [9.17, 15) is 14.0 Å². The summed E-state index contributed by atoms with van der Waals surface area (Å²) < 4.78 is 19.3. The molecule has 0 aliphatic carbocycles. The Hall–Kier alpha value is -2.87. The van der Waals surface area contributed by atoms with Crippen molar-refractivity contribution in [1.82, 2.24) is 10.3 Å². The summed E-state index contributed by atoms with van der Waals surface area (Å²) in [5.74, 6) is -0.200. The Morgan fingerprint density at radius 2 is 1.89 bits per heavy atom. The van der Waals surface area contributed by atoms with Crippen molar-refractivity contribution in [2.24, 2.45) is 5.10 Å². The van der Waals surface area contributed by atoms with Gasteiger partial charge < -0.3 is 10.1 Å². The second kappa shape index (κ2) is 8.22. The normalized spacial score (nSPS) is 16.0. The summed E-state index contributed by atoms with van der Waals surface area (Å²) in [5, 5.41) is 8.09. The first-order valence-corrected chi connectivity index (χ1v) is 9.11. The van der Waals surface area contributed by atoms with Crippen LogP contribution in [-0.2, 0) is 16.2 Å². The van der Waals surface area contributed by atoms with Gasteiger partial charge in [0.25, 0.3) is 0 Å². The molecule has 0 fully saturated rings. The quantitative estimate of drug-likeness (QED) is 0.873. The van der Waals surface area contributed by atoms with Crippen LogP contribution in [0.3, 0.4) is 0 Å². The van der Waals surface area contributed by atoms with E-state index in [2.05, 4.69) is 10.4 Å². The van der Waals surface area contributed by atoms with Crippen molar-refractivity contribution in [3.63, 3.8) is 0 Å². The fourth-order valence-corrected chi connectivity index (χ4v) is 3.62. The van der Waals surface area contributed by atoms with E-state index in [1.54, 1.807) is 30.3 Å². The molecule has 0 aromatic heterocycles. The van der Waals surface area contributed by atoms with E-state index in [-0.39, 0.29) is 29.6 Å². The topological polar surface area (TPSA) is 71.0 Å². The summed E-state index contributed by atoms with van der Waals surface area (Å²) >= 11 is 1.28. The largest absolute Gasteiger partial charge is 0.489 e. The molecule has 27 heavy (non-hydrogen) atoms. The number of rotatable bonds is 4. The number of amides is 2. The number of nitrogens with one attached hydrogen (secondary N) is 1. The summed E-state index contributed by atoms with van der Waals surface area (Å²) in [6.45, 7) is 2.93. The van der Waals surface area contributed by atoms with Crippen LogP contribution in [0.15, 0.2) is 53.6 Å². The van der Waals surface area contributed by atoms with Crippen LogP contribution in [0, 0.1) is 5.82 Å². The predicted molar refractivity (Wildman–Crippen MR) is 101 cm³/mol. The minimum absolute atomic E-state index is 0.125. The van der Waals surface area contributed by atoms with E-state index in [0.29, 0.717) is 16.5 Å². The standard InChI is InChI=1S/C19H18FN3O3S/c1-12(24)21-19-22-23(13(2)25)18(27-19)14-7-9-16(10-8-14)26-11-15-5-3-4-6-17(15)20/h3-10,18H,11H2,1-2H3,(H,21,22,24). The van der Waals surface area contributed by atoms with Gasteiger partial charge in [0.15, 0.2) is 5.17 Å². The van der Waals surface area contributed by atoms with Gasteiger partial charge in [0.1, 0.15) is 23.5 Å². The fraction of sp³-hybridized carbons (Fsp3) is 0.211. The maximum atomic E-state index is 13.6. The number of halogens is 1. The van der Waals surface area contributed by atoms with Gasteiger partial charge in [0.2, 0.25) is 11.8 Å². The first kappa shape index (κ1) is 18.9. The van der Waals surface area contributed by atoms with Crippen LogP contribution < -0.4 is 10.1 Å². The zero-order chi connectivity index (χ0) is 19.4. The van der Waals surface area contributed by atoms with Crippen molar-refractivity contribution in [2.75, 3.05) is 0 Å². The second-order valence-electron chi connectivity index (χ2n) is 5.87. The molecule has 140 valence electrons. The van der Waals surface area contributed by atoms with Gasteiger partial charge in [-0.15, -0.1) is 5.10 Å². The zero-order valence-electron chi connectivity index (χ0n) is 14.8. The summed E-state index contributed by atoms with van der Waals surface area (Å²) in [7, 11) is 0. The van der Waals surface area contributed by atoms with Crippen molar-refractivity contribution in [3.05, 3.63) is 65.5 Å². The average Bonchev–Trinajstić information content (AvgIpc) is 3.05. The van der Waals surface area contributed by atoms with Crippen LogP contribution >= 0.6 is 11.8 Å². The Kier molecular flexibility index (Phi) is 5.75. The van der Waals surface area contributed by atoms with Crippen molar-refractivity contribution in [1.29, 1.82) is 0 Å². The van der Waals surface area contributed by atoms with Gasteiger partial charge in [-0.05, 0) is 23.8 Å². The van der Waals surface area contributed by atoms with Crippen molar-refractivity contribution >= 4 is 28.7 Å². The van der Waals surface area contributed by atoms with Crippen LogP contribution in [0.25, 0.3) is 0 Å². The molecule has 3 rings (SSSR count). The summed E-state index contributed by atoms with van der Waals surface area (Å²) in [4.78, 5) is 23.1. The van der Waals surface area contributed by atoms with Gasteiger partial charge in [-0.1, -0.05) is 42.1 Å². The Morgan fingerprint density at radius 3 is 2.52 bits per heavy atom. The van der Waals surface area contributed by atoms with E-state index in [1.165, 1.54) is 36.7 Å². The van der Waals surface area contributed by atoms with Gasteiger partial charge in [-0.3, -0.25) is 9.59 Å². The van der Waals surface area contributed by atoms with Gasteiger partial charge >= 0.3 is 0 Å². The third-order valence-corrected chi connectivity index (χ3v) is 4.87. The maximum Gasteiger partial charge on any atom is 0.241 e. The molecule has 8 heteroatoms. The highest BCUT2D eigenvalue weighted by atomic mass is 32.2. The van der Waals surface area contributed by atoms with Gasteiger partial charge in [-0.25, -0.2) is 9.40 Å². The van der Waals surface area contributed by atoms with Gasteiger partial charge in [0, 0.05) is 19.4 Å². The van der Waals surface area contributed by atoms with Crippen LogP contribution in [0.1, 0.15) is 30.3 Å². The molecule has 0 saturated heterocycles. The minimum atomic E-state index is -0.370. The van der Waals surface area contributed by atoms with Crippen LogP contribution in [-0.4, -0.2) is 22.0 Å². The molecule has 1 unspecified atom stereocenters. The lowest BCUT2D eigenvalue weighted by Crippen LogP contribution is -2.25. The molecule has 1 atom stereocenters. The number of nitrogens with zero attached hydrogens (tertiary/aromatic N) is 2. The van der Waals surface area contributed by atoms with E-state index in [0.717, 1.165) is 5.56 Å². The van der Waals surface area contributed by atoms with E-state index in [1.807, 2.05) is 12.1 Å². The van der Waals surface area contributed by atoms with Crippen molar-refractivity contribution < 1.29 is 18.7 Å². The van der Waals surface area contributed by atoms with Crippen molar-refractivity contribution in [2.45, 2.75) is 25.8 Å². The van der Waals surface area contributed by atoms with Crippen LogP contribution in [0.2, 0.25) is 0 Å². The number of hydrazone groups is 1. The van der Waals surface area contributed by atoms with Crippen LogP contribution in [0.5, 0.6) is 5.75 Å². The smallest absolute Gasteiger partial charge is 0.241 e. The molecule has 1 heterocycles. The molecule has 2 aromatic carbocycles. The Balaban J connectivity index is 1.68. The maximum absolute atomic E-state index is 13.6. The molecule has 1 aliphatic heterocycles. The molecule has 2 amide bonds. The molecule has 0 spiro atoms. The first-order valence-electron chi connectivity index (χ1n) is 8.23. The highest BCUT2D eigenvalue weighted by molar-refractivity contribution is 8.14. The lowest BCUT2D eigenvalue weighted by atomic mass is 10.2. The SMILES string of the molecule is CC(=O)NC1=NN(C(C)=O)C(c2ccc(OCc3ccccc3F)cc2)S1. The van der Waals surface area contributed by atoms with Gasteiger partial charge in [0.05, 0.1) is 0 Å². The Labute approximate surface area is 160 Å². The summed E-state index contributed by atoms with van der Waals surface area (Å²) in [6.07, 6.45) is 0. The number of hydrogen-bond donors (Lipinski definition) is 1. The van der Waals surface area contributed by atoms with E-state index < -0.39 is 0 Å². The average molecular weight is 387 g/mol. The number of hydrogen-bond acceptors (Lipinski definition) is 5. The third kappa shape index (κ3) is 4.65. The monoisotopic (exact) mass is 387 g/mol. The van der Waals surface area contributed by atoms with Gasteiger partial charge in [-0.2, -0.15) is 0 Å². The molecular weight excluding hydrogens is 369 g/mol. The number of carbonyl (C=O) groups is 2. The molecular formula is C19H18FN3O3S. The zero-order valence-corrected chi connectivity index (χ0v) is 15.6. The number of ether oxygens (including phenoxy) is 1. The molecule has 0 bridgehead atoms. The number of amidine groups is 1. The minimum Gasteiger partial charge on any atom is -0.489 e. The number of benzene rings is 2. The highest BCUT2D eigenvalue weighted by Gasteiger charge is 2.32. The van der Waals surface area contributed by atoms with E-state index in [4.69, 9.17) is 4.74 Å². The molecule has 0 radical (unpaired) electrons.